The maximum absolute atomic E-state index is 7.32. The Morgan fingerprint density at radius 2 is 0.356 bits per heavy atom. The van der Waals surface area contributed by atoms with E-state index in [2.05, 4.69) is 379 Å². The standard InChI is InChI=1S/C60H36N4O.C48H26N2O3/c1-3-15-37(16-4-1)61-49-23-11-7-19-41(49)47-35-39(27-31-53(47)61)63-51-25-13-9-21-45(51)57-55(63)33-29-43-44-30-34-56-58(60(44)65-59(43)57)46-22-10-14-26-52(46)64(56)40-28-32-54-48(36-40)42-20-8-12-24-50(42)62(54)38-17-5-2-6-18-38;1-5-13-37-33(11-1)45-39(49(37)27-17-23-43-35(25-27)29-9-3-7-15-41(29)51-43)21-19-31-32-20-22-40-46(48(32)53-47(31)45)34-12-2-6-14-38(34)50(40)28-18-24-44-36(26-28)30-10-4-8-16-42(30)52-44/h1-36H;1-26H. The number of fused-ring (bicyclic) bond motifs is 34. The summed E-state index contributed by atoms with van der Waals surface area (Å²) < 4.78 is 41.2. The molecule has 0 fully saturated rings. The number of hydrogen-bond donors (Lipinski definition) is 0. The third-order valence-electron chi connectivity index (χ3n) is 25.2. The van der Waals surface area contributed by atoms with Crippen molar-refractivity contribution < 1.29 is 17.7 Å². The Hall–Kier alpha value is -16.0. The third-order valence-corrected chi connectivity index (χ3v) is 25.2. The average Bonchev–Trinajstić information content (AvgIpc) is 1.56. The highest BCUT2D eigenvalue weighted by molar-refractivity contribution is 6.32. The minimum absolute atomic E-state index is 0.886. The van der Waals surface area contributed by atoms with E-state index < -0.39 is 0 Å². The molecule has 0 amide bonds. The summed E-state index contributed by atoms with van der Waals surface area (Å²) in [5.74, 6) is 0. The number of para-hydroxylation sites is 10. The van der Waals surface area contributed by atoms with Crippen LogP contribution in [0.5, 0.6) is 0 Å². The predicted molar refractivity (Wildman–Crippen MR) is 488 cm³/mol. The van der Waals surface area contributed by atoms with E-state index in [9.17, 15) is 0 Å². The lowest BCUT2D eigenvalue weighted by atomic mass is 10.1. The molecule has 10 aromatic heterocycles. The Bertz CT molecular complexity index is 8690. The molecule has 0 aliphatic rings. The van der Waals surface area contributed by atoms with Gasteiger partial charge in [-0.25, -0.2) is 0 Å². The van der Waals surface area contributed by atoms with Gasteiger partial charge in [0.05, 0.1) is 87.7 Å². The Labute approximate surface area is 669 Å². The van der Waals surface area contributed by atoms with E-state index in [4.69, 9.17) is 17.7 Å². The molecule has 0 aliphatic carbocycles. The van der Waals surface area contributed by atoms with Crippen molar-refractivity contribution in [3.63, 3.8) is 0 Å². The Balaban J connectivity index is 0.000000128. The van der Waals surface area contributed by atoms with E-state index in [0.29, 0.717) is 0 Å². The van der Waals surface area contributed by atoms with Crippen molar-refractivity contribution in [2.24, 2.45) is 0 Å². The average molecular weight is 1510 g/mol. The molecule has 0 aliphatic heterocycles. The Morgan fingerprint density at radius 3 is 0.686 bits per heavy atom. The molecule has 0 saturated carbocycles. The van der Waals surface area contributed by atoms with E-state index in [1.54, 1.807) is 0 Å². The third kappa shape index (κ3) is 8.67. The van der Waals surface area contributed by atoms with E-state index in [1.807, 2.05) is 24.3 Å². The molecule has 0 bridgehead atoms. The van der Waals surface area contributed by atoms with Crippen LogP contribution in [0.1, 0.15) is 0 Å². The first kappa shape index (κ1) is 63.5. The minimum atomic E-state index is 0.886. The highest BCUT2D eigenvalue weighted by Gasteiger charge is 2.28. The number of nitrogens with zero attached hydrogens (tertiary/aromatic N) is 6. The summed E-state index contributed by atoms with van der Waals surface area (Å²) in [6.45, 7) is 0. The van der Waals surface area contributed by atoms with Crippen molar-refractivity contribution in [2.45, 2.75) is 0 Å². The Kier molecular flexibility index (Phi) is 12.8. The van der Waals surface area contributed by atoms with Crippen molar-refractivity contribution in [3.05, 3.63) is 376 Å². The van der Waals surface area contributed by atoms with Gasteiger partial charge in [-0.15, -0.1) is 0 Å². The summed E-state index contributed by atoms with van der Waals surface area (Å²) in [4.78, 5) is 0. The quantitative estimate of drug-likeness (QED) is 0.166. The molecule has 10 heterocycles. The molecule has 28 aromatic rings. The minimum Gasteiger partial charge on any atom is -0.456 e. The van der Waals surface area contributed by atoms with Gasteiger partial charge in [-0.3, -0.25) is 0 Å². The highest BCUT2D eigenvalue weighted by atomic mass is 16.3. The first-order valence-corrected chi connectivity index (χ1v) is 40.2. The second-order valence-electron chi connectivity index (χ2n) is 31.3. The van der Waals surface area contributed by atoms with Crippen molar-refractivity contribution in [1.82, 2.24) is 27.4 Å². The molecule has 0 atom stereocenters. The lowest BCUT2D eigenvalue weighted by molar-refractivity contribution is 0.668. The van der Waals surface area contributed by atoms with Crippen LogP contribution in [0, 0.1) is 0 Å². The van der Waals surface area contributed by atoms with Crippen molar-refractivity contribution in [1.29, 1.82) is 0 Å². The number of rotatable bonds is 6. The summed E-state index contributed by atoms with van der Waals surface area (Å²) in [6, 6.07) is 135. The number of hydrogen-bond acceptors (Lipinski definition) is 4. The number of benzene rings is 18. The van der Waals surface area contributed by atoms with Crippen LogP contribution in [-0.4, -0.2) is 27.4 Å². The summed E-state index contributed by atoms with van der Waals surface area (Å²) in [7, 11) is 0. The Morgan fingerprint density at radius 1 is 0.127 bits per heavy atom. The second-order valence-corrected chi connectivity index (χ2v) is 31.3. The highest BCUT2D eigenvalue weighted by Crippen LogP contribution is 2.50. The molecule has 10 nitrogen and oxygen atoms in total. The number of aromatic nitrogens is 6. The molecular weight excluding hydrogens is 1450 g/mol. The van der Waals surface area contributed by atoms with E-state index in [0.717, 1.165) is 198 Å². The van der Waals surface area contributed by atoms with Crippen LogP contribution in [0.25, 0.3) is 253 Å². The summed E-state index contributed by atoms with van der Waals surface area (Å²) in [6.07, 6.45) is 0. The summed E-state index contributed by atoms with van der Waals surface area (Å²) in [5.41, 5.74) is 27.6. The van der Waals surface area contributed by atoms with Gasteiger partial charge < -0.3 is 45.1 Å². The van der Waals surface area contributed by atoms with Crippen LogP contribution < -0.4 is 0 Å². The smallest absolute Gasteiger partial charge is 0.145 e. The van der Waals surface area contributed by atoms with Gasteiger partial charge in [0.1, 0.15) is 44.7 Å². The molecular formula is C108H62N6O4. The molecule has 10 heteroatoms. The second kappa shape index (κ2) is 23.8. The van der Waals surface area contributed by atoms with Crippen molar-refractivity contribution in [2.75, 3.05) is 0 Å². The normalized spacial score (nSPS) is 12.4. The van der Waals surface area contributed by atoms with Crippen molar-refractivity contribution >= 4 is 219 Å². The first-order valence-electron chi connectivity index (χ1n) is 40.2. The predicted octanol–water partition coefficient (Wildman–Crippen LogP) is 29.6. The molecule has 548 valence electrons. The molecule has 18 aromatic carbocycles. The zero-order valence-corrected chi connectivity index (χ0v) is 63.1. The zero-order chi connectivity index (χ0) is 76.7. The molecule has 28 rings (SSSR count). The van der Waals surface area contributed by atoms with Crippen LogP contribution in [0.15, 0.2) is 394 Å². The van der Waals surface area contributed by atoms with Gasteiger partial charge in [-0.05, 0) is 194 Å². The van der Waals surface area contributed by atoms with E-state index >= 15 is 0 Å². The van der Waals surface area contributed by atoms with E-state index in [-0.39, 0.29) is 0 Å². The van der Waals surface area contributed by atoms with Crippen LogP contribution in [0.2, 0.25) is 0 Å². The molecule has 0 N–H and O–H groups in total. The molecule has 118 heavy (non-hydrogen) atoms. The van der Waals surface area contributed by atoms with Gasteiger partial charge in [-0.2, -0.15) is 0 Å². The lowest BCUT2D eigenvalue weighted by Gasteiger charge is -2.10. The van der Waals surface area contributed by atoms with Gasteiger partial charge >= 0.3 is 0 Å². The van der Waals surface area contributed by atoms with Gasteiger partial charge in [-0.1, -0.05) is 182 Å². The van der Waals surface area contributed by atoms with Gasteiger partial charge in [0.25, 0.3) is 0 Å². The SMILES string of the molecule is c1ccc(-n2c3ccccc3c3cc(-n4c5ccccc5c5c6oc7c(ccc8c7c7ccccc7n8-c7ccc8c(c7)c7ccccc7n8-c7ccccc7)c6ccc54)ccc32)cc1.c1ccc2c(c1)oc1ccc(-n3c4ccccc4c4c5oc6c(ccc7c6c6ccccc6n7-c6ccc7oc8ccccc8c7c6)c5ccc43)cc12. The monoisotopic (exact) mass is 1510 g/mol. The maximum Gasteiger partial charge on any atom is 0.145 e. The first-order chi connectivity index (χ1) is 58.6. The van der Waals surface area contributed by atoms with E-state index in [1.165, 1.54) is 54.4 Å². The van der Waals surface area contributed by atoms with Crippen LogP contribution in [0.4, 0.5) is 0 Å². The van der Waals surface area contributed by atoms with Gasteiger partial charge in [0.15, 0.2) is 0 Å². The molecule has 0 unspecified atom stereocenters. The fraction of sp³-hybridized carbons (Fsp3) is 0. The summed E-state index contributed by atoms with van der Waals surface area (Å²) in [5, 5.41) is 22.9. The fourth-order valence-corrected chi connectivity index (χ4v) is 20.3. The fourth-order valence-electron chi connectivity index (χ4n) is 20.3. The van der Waals surface area contributed by atoms with Crippen LogP contribution in [-0.2, 0) is 0 Å². The van der Waals surface area contributed by atoms with Gasteiger partial charge in [0.2, 0.25) is 0 Å². The lowest BCUT2D eigenvalue weighted by Crippen LogP contribution is -1.95. The topological polar surface area (TPSA) is 82.1 Å². The molecule has 0 spiro atoms. The van der Waals surface area contributed by atoms with Crippen molar-refractivity contribution in [3.8, 4) is 34.1 Å². The largest absolute Gasteiger partial charge is 0.456 e. The molecule has 0 saturated heterocycles. The van der Waals surface area contributed by atoms with Gasteiger partial charge in [0, 0.05) is 120 Å². The summed E-state index contributed by atoms with van der Waals surface area (Å²) >= 11 is 0. The zero-order valence-electron chi connectivity index (χ0n) is 63.1. The maximum atomic E-state index is 7.32. The molecule has 0 radical (unpaired) electrons. The van der Waals surface area contributed by atoms with Crippen LogP contribution >= 0.6 is 0 Å². The van der Waals surface area contributed by atoms with Crippen LogP contribution in [0.3, 0.4) is 0 Å². The number of furan rings is 4.